The van der Waals surface area contributed by atoms with Gasteiger partial charge in [-0.25, -0.2) is 4.79 Å². The third-order valence-corrected chi connectivity index (χ3v) is 7.08. The minimum absolute atomic E-state index is 0.0290. The number of nitrogens with zero attached hydrogens (tertiary/aromatic N) is 5. The van der Waals surface area contributed by atoms with Crippen molar-refractivity contribution in [3.63, 3.8) is 0 Å². The Hall–Kier alpha value is -3.85. The molecule has 0 fully saturated rings. The molecular formula is C27H26F9N5O2. The molecule has 43 heavy (non-hydrogen) atoms. The van der Waals surface area contributed by atoms with Crippen LogP contribution < -0.4 is 4.90 Å². The van der Waals surface area contributed by atoms with Crippen LogP contribution in [0.2, 0.25) is 0 Å². The number of benzene rings is 2. The van der Waals surface area contributed by atoms with E-state index in [-0.39, 0.29) is 36.0 Å². The third kappa shape index (κ3) is 6.72. The molecule has 1 aliphatic rings. The van der Waals surface area contributed by atoms with Crippen molar-refractivity contribution in [2.24, 2.45) is 7.05 Å². The lowest BCUT2D eigenvalue weighted by Crippen LogP contribution is -2.46. The molecule has 0 N–H and O–H groups in total. The third-order valence-electron chi connectivity index (χ3n) is 7.08. The number of hydrogen-bond acceptors (Lipinski definition) is 5. The summed E-state index contributed by atoms with van der Waals surface area (Å²) in [5.41, 5.74) is -5.06. The summed E-state index contributed by atoms with van der Waals surface area (Å²) in [4.78, 5) is 15.2. The van der Waals surface area contributed by atoms with Crippen LogP contribution in [0, 0.1) is 0 Å². The minimum atomic E-state index is -5.19. The summed E-state index contributed by atoms with van der Waals surface area (Å²) in [6.45, 7) is 4.82. The molecule has 1 aliphatic heterocycles. The second-order valence-electron chi connectivity index (χ2n) is 10.4. The average Bonchev–Trinajstić information content (AvgIpc) is 3.31. The average molecular weight is 624 g/mol. The summed E-state index contributed by atoms with van der Waals surface area (Å²) in [7, 11) is 1.32. The van der Waals surface area contributed by atoms with Gasteiger partial charge >= 0.3 is 24.6 Å². The van der Waals surface area contributed by atoms with Crippen molar-refractivity contribution in [3.05, 3.63) is 70.0 Å². The van der Waals surface area contributed by atoms with Crippen molar-refractivity contribution in [3.8, 4) is 0 Å². The molecule has 2 aromatic carbocycles. The number of alkyl halides is 9. The predicted octanol–water partition coefficient (Wildman–Crippen LogP) is 7.72. The molecule has 0 spiro atoms. The molecule has 0 bridgehead atoms. The molecule has 0 saturated carbocycles. The summed E-state index contributed by atoms with van der Waals surface area (Å²) >= 11 is 0. The van der Waals surface area contributed by atoms with Crippen LogP contribution in [0.4, 0.5) is 50.0 Å². The highest BCUT2D eigenvalue weighted by Crippen LogP contribution is 2.51. The maximum absolute atomic E-state index is 13.9. The topological polar surface area (TPSA) is 73.1 Å². The van der Waals surface area contributed by atoms with Crippen LogP contribution in [0.5, 0.6) is 0 Å². The van der Waals surface area contributed by atoms with E-state index in [0.29, 0.717) is 12.1 Å². The standard InChI is InChI=1S/C27H26F9N5O2/c1-5-18-12-20(19-11-15(25(28,29)30)6-7-21(19)41(18)24(42)43-13(2)3)22(23-37-39-40(4)38-23)14-8-16(26(31,32)33)10-17(9-14)27(34,35)36/h6-11,13,18,20,22H,5,12H2,1-4H3/t18-,20+,22?/m1/s1. The van der Waals surface area contributed by atoms with Crippen LogP contribution in [-0.2, 0) is 30.3 Å². The zero-order valence-corrected chi connectivity index (χ0v) is 23.1. The number of anilines is 1. The van der Waals surface area contributed by atoms with E-state index in [1.165, 1.54) is 11.9 Å². The monoisotopic (exact) mass is 623 g/mol. The lowest BCUT2D eigenvalue weighted by molar-refractivity contribution is -0.143. The largest absolute Gasteiger partial charge is 0.446 e. The van der Waals surface area contributed by atoms with Crippen molar-refractivity contribution in [1.29, 1.82) is 0 Å². The lowest BCUT2D eigenvalue weighted by Gasteiger charge is -2.42. The highest BCUT2D eigenvalue weighted by Gasteiger charge is 2.45. The Balaban J connectivity index is 2.04. The molecule has 0 radical (unpaired) electrons. The van der Waals surface area contributed by atoms with Crippen molar-refractivity contribution in [1.82, 2.24) is 20.2 Å². The van der Waals surface area contributed by atoms with Gasteiger partial charge in [-0.2, -0.15) is 44.3 Å². The van der Waals surface area contributed by atoms with Gasteiger partial charge in [-0.3, -0.25) is 4.90 Å². The van der Waals surface area contributed by atoms with Gasteiger partial charge in [0.1, 0.15) is 0 Å². The number of amides is 1. The van der Waals surface area contributed by atoms with Crippen molar-refractivity contribution in [2.45, 2.75) is 76.1 Å². The van der Waals surface area contributed by atoms with E-state index in [0.717, 1.165) is 23.0 Å². The second-order valence-corrected chi connectivity index (χ2v) is 10.4. The van der Waals surface area contributed by atoms with E-state index in [1.807, 2.05) is 0 Å². The number of ether oxygens (including phenoxy) is 1. The maximum Gasteiger partial charge on any atom is 0.416 e. The van der Waals surface area contributed by atoms with Gasteiger partial charge in [-0.05, 0) is 79.4 Å². The quantitative estimate of drug-likeness (QED) is 0.272. The summed E-state index contributed by atoms with van der Waals surface area (Å²) in [6.07, 6.45) is -16.6. The van der Waals surface area contributed by atoms with Crippen LogP contribution in [0.1, 0.15) is 79.1 Å². The first-order valence-corrected chi connectivity index (χ1v) is 13.1. The number of carbonyl (C=O) groups excluding carboxylic acids is 1. The van der Waals surface area contributed by atoms with Gasteiger partial charge < -0.3 is 4.74 Å². The minimum Gasteiger partial charge on any atom is -0.446 e. The number of aromatic nitrogens is 4. The van der Waals surface area contributed by atoms with Crippen LogP contribution in [0.25, 0.3) is 0 Å². The second kappa shape index (κ2) is 11.3. The van der Waals surface area contributed by atoms with E-state index in [4.69, 9.17) is 4.74 Å². The van der Waals surface area contributed by atoms with E-state index in [9.17, 15) is 44.3 Å². The zero-order chi connectivity index (χ0) is 32.1. The smallest absolute Gasteiger partial charge is 0.416 e. The van der Waals surface area contributed by atoms with Gasteiger partial charge in [0.2, 0.25) is 0 Å². The Kier molecular flexibility index (Phi) is 8.46. The Bertz CT molecular complexity index is 1450. The Morgan fingerprint density at radius 3 is 1.98 bits per heavy atom. The number of aryl methyl sites for hydroxylation is 1. The van der Waals surface area contributed by atoms with E-state index >= 15 is 0 Å². The van der Waals surface area contributed by atoms with Crippen molar-refractivity contribution in [2.75, 3.05) is 4.90 Å². The van der Waals surface area contributed by atoms with Gasteiger partial charge in [0, 0.05) is 12.0 Å². The number of fused-ring (bicyclic) bond motifs is 1. The Morgan fingerprint density at radius 2 is 1.51 bits per heavy atom. The molecule has 0 aliphatic carbocycles. The molecule has 16 heteroatoms. The van der Waals surface area contributed by atoms with Crippen molar-refractivity contribution >= 4 is 11.8 Å². The molecular weight excluding hydrogens is 597 g/mol. The molecule has 2 heterocycles. The first kappa shape index (κ1) is 32.1. The normalized spacial score (nSPS) is 18.5. The molecule has 0 saturated heterocycles. The van der Waals surface area contributed by atoms with Gasteiger partial charge in [0.15, 0.2) is 5.82 Å². The first-order valence-electron chi connectivity index (χ1n) is 13.1. The number of hydrogen-bond donors (Lipinski definition) is 0. The summed E-state index contributed by atoms with van der Waals surface area (Å²) in [5.74, 6) is -3.04. The number of halogens is 9. The van der Waals surface area contributed by atoms with Gasteiger partial charge in [0.25, 0.3) is 0 Å². The van der Waals surface area contributed by atoms with Gasteiger partial charge in [0.05, 0.1) is 41.4 Å². The summed E-state index contributed by atoms with van der Waals surface area (Å²) < 4.78 is 130. The molecule has 1 unspecified atom stereocenters. The maximum atomic E-state index is 13.9. The van der Waals surface area contributed by atoms with Crippen LogP contribution in [0.3, 0.4) is 0 Å². The van der Waals surface area contributed by atoms with Crippen LogP contribution >= 0.6 is 0 Å². The molecule has 7 nitrogen and oxygen atoms in total. The fourth-order valence-corrected chi connectivity index (χ4v) is 5.28. The molecule has 234 valence electrons. The highest BCUT2D eigenvalue weighted by atomic mass is 19.4. The van der Waals surface area contributed by atoms with Gasteiger partial charge in [-0.15, -0.1) is 10.2 Å². The van der Waals surface area contributed by atoms with Crippen LogP contribution in [-0.4, -0.2) is 38.4 Å². The van der Waals surface area contributed by atoms with E-state index in [1.54, 1.807) is 20.8 Å². The fraction of sp³-hybridized carbons (Fsp3) is 0.481. The Morgan fingerprint density at radius 1 is 0.930 bits per heavy atom. The van der Waals surface area contributed by atoms with Crippen LogP contribution in [0.15, 0.2) is 36.4 Å². The number of tetrazole rings is 1. The molecule has 4 rings (SSSR count). The molecule has 1 aromatic heterocycles. The van der Waals surface area contributed by atoms with Crippen molar-refractivity contribution < 1.29 is 49.0 Å². The van der Waals surface area contributed by atoms with Gasteiger partial charge in [-0.1, -0.05) is 6.92 Å². The lowest BCUT2D eigenvalue weighted by atomic mass is 9.73. The zero-order valence-electron chi connectivity index (χ0n) is 23.1. The Labute approximate surface area is 239 Å². The summed E-state index contributed by atoms with van der Waals surface area (Å²) in [5, 5.41) is 11.6. The SMILES string of the molecule is CC[C@@H]1C[C@H](C(c2cc(C(F)(F)F)cc(C(F)(F)F)c2)c2nnn(C)n2)c2cc(C(F)(F)F)ccc2N1C(=O)OC(C)C. The molecule has 1 amide bonds. The summed E-state index contributed by atoms with van der Waals surface area (Å²) in [6, 6.07) is 2.73. The first-order chi connectivity index (χ1) is 19.8. The fourth-order valence-electron chi connectivity index (χ4n) is 5.28. The van der Waals surface area contributed by atoms with E-state index in [2.05, 4.69) is 15.4 Å². The molecule has 3 atom stereocenters. The highest BCUT2D eigenvalue weighted by molar-refractivity contribution is 5.90. The number of carbonyl (C=O) groups is 1. The van der Waals surface area contributed by atoms with E-state index < -0.39 is 70.9 Å². The predicted molar refractivity (Wildman–Crippen MR) is 134 cm³/mol. The number of rotatable bonds is 5. The molecule has 3 aromatic rings.